The number of thioether (sulfide) groups is 1. The number of hydrogen-bond donors (Lipinski definition) is 1. The lowest BCUT2D eigenvalue weighted by Crippen LogP contribution is -2.30. The molecule has 1 N–H and O–H groups in total. The summed E-state index contributed by atoms with van der Waals surface area (Å²) < 4.78 is 1.62. The van der Waals surface area contributed by atoms with Crippen LogP contribution in [0.2, 0.25) is 10.0 Å². The molecule has 6 rings (SSSR count). The van der Waals surface area contributed by atoms with Crippen LogP contribution in [0.1, 0.15) is 16.0 Å². The molecule has 3 aromatic carbocycles. The zero-order valence-electron chi connectivity index (χ0n) is 21.3. The van der Waals surface area contributed by atoms with Gasteiger partial charge >= 0.3 is 0 Å². The number of amides is 1. The molecule has 0 atom stereocenters. The third-order valence-corrected chi connectivity index (χ3v) is 9.33. The standard InChI is InChI=1S/C30H24Cl2N4O2S2/c31-20-11-12-23(32)24(15-20)33-26(37)18-39-30-34-28-27(29(38)36(30)21-9-5-2-6-10-21)22-13-14-35(17-25(22)40-28)16-19-7-3-1-4-8-19/h1-12,15H,13-14,16-18H2,(H,33,37). The average molecular weight is 608 g/mol. The SMILES string of the molecule is O=C(CSc1nc2sc3c(c2c(=O)n1-c1ccccc1)CCN(Cc1ccccc1)C3)Nc1cc(Cl)ccc1Cl. The van der Waals surface area contributed by atoms with Gasteiger partial charge in [0.1, 0.15) is 4.83 Å². The van der Waals surface area contributed by atoms with Crippen molar-refractivity contribution in [2.75, 3.05) is 17.6 Å². The van der Waals surface area contributed by atoms with E-state index in [1.165, 1.54) is 22.2 Å². The summed E-state index contributed by atoms with van der Waals surface area (Å²) >= 11 is 15.1. The van der Waals surface area contributed by atoms with Crippen molar-refractivity contribution in [1.82, 2.24) is 14.5 Å². The molecule has 3 heterocycles. The first-order valence-electron chi connectivity index (χ1n) is 12.7. The number of benzene rings is 3. The maximum Gasteiger partial charge on any atom is 0.267 e. The van der Waals surface area contributed by atoms with Crippen molar-refractivity contribution in [1.29, 1.82) is 0 Å². The van der Waals surface area contributed by atoms with Crippen molar-refractivity contribution in [3.05, 3.63) is 115 Å². The number of aromatic nitrogens is 2. The van der Waals surface area contributed by atoms with Crippen LogP contribution in [0.15, 0.2) is 88.8 Å². The first-order chi connectivity index (χ1) is 19.5. The predicted molar refractivity (Wildman–Crippen MR) is 165 cm³/mol. The van der Waals surface area contributed by atoms with Crippen molar-refractivity contribution in [2.45, 2.75) is 24.7 Å². The summed E-state index contributed by atoms with van der Waals surface area (Å²) in [4.78, 5) is 36.1. The van der Waals surface area contributed by atoms with Gasteiger partial charge in [0.2, 0.25) is 5.91 Å². The monoisotopic (exact) mass is 606 g/mol. The second kappa shape index (κ2) is 11.8. The zero-order chi connectivity index (χ0) is 27.6. The molecule has 0 saturated heterocycles. The summed E-state index contributed by atoms with van der Waals surface area (Å²) in [6.45, 7) is 2.52. The normalized spacial score (nSPS) is 13.3. The van der Waals surface area contributed by atoms with Gasteiger partial charge in [-0.05, 0) is 47.9 Å². The molecule has 1 aliphatic rings. The summed E-state index contributed by atoms with van der Waals surface area (Å²) in [5.41, 5.74) is 3.41. The number of hydrogen-bond acceptors (Lipinski definition) is 6. The molecule has 0 radical (unpaired) electrons. The number of fused-ring (bicyclic) bond motifs is 3. The van der Waals surface area contributed by atoms with E-state index in [0.717, 1.165) is 31.6 Å². The van der Waals surface area contributed by atoms with Gasteiger partial charge in [-0.2, -0.15) is 0 Å². The minimum atomic E-state index is -0.273. The Balaban J connectivity index is 1.31. The molecule has 5 aromatic rings. The lowest BCUT2D eigenvalue weighted by Gasteiger charge is -2.26. The van der Waals surface area contributed by atoms with E-state index in [2.05, 4.69) is 34.5 Å². The summed E-state index contributed by atoms with van der Waals surface area (Å²) in [5.74, 6) is -0.228. The van der Waals surface area contributed by atoms with Crippen LogP contribution in [-0.2, 0) is 24.3 Å². The molecular formula is C30H24Cl2N4O2S2. The molecule has 1 aliphatic heterocycles. The van der Waals surface area contributed by atoms with Crippen LogP contribution >= 0.6 is 46.3 Å². The second-order valence-corrected chi connectivity index (χ2v) is 12.3. The maximum atomic E-state index is 14.0. The van der Waals surface area contributed by atoms with Crippen molar-refractivity contribution >= 4 is 68.1 Å². The van der Waals surface area contributed by atoms with Gasteiger partial charge in [-0.1, -0.05) is 83.5 Å². The number of halogens is 2. The maximum absolute atomic E-state index is 14.0. The molecule has 202 valence electrons. The highest BCUT2D eigenvalue weighted by molar-refractivity contribution is 7.99. The number of carbonyl (C=O) groups excluding carboxylic acids is 1. The fraction of sp³-hybridized carbons (Fsp3) is 0.167. The Morgan fingerprint density at radius 2 is 1.77 bits per heavy atom. The largest absolute Gasteiger partial charge is 0.324 e. The quantitative estimate of drug-likeness (QED) is 0.159. The minimum absolute atomic E-state index is 0.0452. The molecular weight excluding hydrogens is 583 g/mol. The Morgan fingerprint density at radius 1 is 1.02 bits per heavy atom. The van der Waals surface area contributed by atoms with Gasteiger partial charge in [0.15, 0.2) is 5.16 Å². The number of anilines is 1. The van der Waals surface area contributed by atoms with Crippen molar-refractivity contribution in [2.24, 2.45) is 0 Å². The van der Waals surface area contributed by atoms with Gasteiger partial charge in [-0.3, -0.25) is 19.1 Å². The Bertz CT molecular complexity index is 1760. The molecule has 0 unspecified atom stereocenters. The third kappa shape index (κ3) is 5.68. The van der Waals surface area contributed by atoms with Crippen LogP contribution in [0.3, 0.4) is 0 Å². The van der Waals surface area contributed by atoms with E-state index in [-0.39, 0.29) is 17.2 Å². The summed E-state index contributed by atoms with van der Waals surface area (Å²) in [5, 5.41) is 4.82. The number of rotatable bonds is 7. The number of thiophene rings is 1. The average Bonchev–Trinajstić information content (AvgIpc) is 3.33. The molecule has 0 spiro atoms. The Morgan fingerprint density at radius 3 is 2.55 bits per heavy atom. The Labute approximate surface area is 249 Å². The highest BCUT2D eigenvalue weighted by Crippen LogP contribution is 2.35. The lowest BCUT2D eigenvalue weighted by molar-refractivity contribution is -0.113. The van der Waals surface area contributed by atoms with Crippen LogP contribution in [0.5, 0.6) is 0 Å². The van der Waals surface area contributed by atoms with Gasteiger partial charge in [-0.25, -0.2) is 4.98 Å². The molecule has 1 amide bonds. The smallest absolute Gasteiger partial charge is 0.267 e. The second-order valence-electron chi connectivity index (χ2n) is 9.46. The molecule has 40 heavy (non-hydrogen) atoms. The predicted octanol–water partition coefficient (Wildman–Crippen LogP) is 7.04. The van der Waals surface area contributed by atoms with Gasteiger partial charge in [-0.15, -0.1) is 11.3 Å². The Kier molecular flexibility index (Phi) is 7.96. The van der Waals surface area contributed by atoms with E-state index in [1.807, 2.05) is 36.4 Å². The highest BCUT2D eigenvalue weighted by Gasteiger charge is 2.26. The van der Waals surface area contributed by atoms with E-state index in [0.29, 0.717) is 36.8 Å². The van der Waals surface area contributed by atoms with E-state index in [4.69, 9.17) is 28.2 Å². The Hall–Kier alpha value is -3.14. The lowest BCUT2D eigenvalue weighted by atomic mass is 10.0. The first kappa shape index (κ1) is 27.1. The molecule has 0 aliphatic carbocycles. The van der Waals surface area contributed by atoms with E-state index < -0.39 is 0 Å². The van der Waals surface area contributed by atoms with Crippen LogP contribution in [-0.4, -0.2) is 32.7 Å². The van der Waals surface area contributed by atoms with E-state index in [9.17, 15) is 9.59 Å². The third-order valence-electron chi connectivity index (χ3n) is 6.72. The van der Waals surface area contributed by atoms with Crippen molar-refractivity contribution in [3.8, 4) is 5.69 Å². The van der Waals surface area contributed by atoms with Crippen LogP contribution in [0.25, 0.3) is 15.9 Å². The fourth-order valence-corrected chi connectivity index (χ4v) is 7.32. The summed E-state index contributed by atoms with van der Waals surface area (Å²) in [6.07, 6.45) is 0.795. The summed E-state index contributed by atoms with van der Waals surface area (Å²) in [7, 11) is 0. The zero-order valence-corrected chi connectivity index (χ0v) is 24.4. The van der Waals surface area contributed by atoms with Gasteiger partial charge < -0.3 is 5.32 Å². The molecule has 0 bridgehead atoms. The number of nitrogens with zero attached hydrogens (tertiary/aromatic N) is 3. The van der Waals surface area contributed by atoms with Crippen LogP contribution in [0.4, 0.5) is 5.69 Å². The first-order valence-corrected chi connectivity index (χ1v) is 15.3. The highest BCUT2D eigenvalue weighted by atomic mass is 35.5. The number of para-hydroxylation sites is 1. The van der Waals surface area contributed by atoms with Gasteiger partial charge in [0.05, 0.1) is 27.5 Å². The molecule has 6 nitrogen and oxygen atoms in total. The molecule has 0 saturated carbocycles. The van der Waals surface area contributed by atoms with Gasteiger partial charge in [0.25, 0.3) is 5.56 Å². The molecule has 2 aromatic heterocycles. The number of nitrogens with one attached hydrogen (secondary N) is 1. The molecule has 10 heteroatoms. The molecule has 0 fully saturated rings. The van der Waals surface area contributed by atoms with Crippen LogP contribution < -0.4 is 10.9 Å². The van der Waals surface area contributed by atoms with Crippen molar-refractivity contribution in [3.63, 3.8) is 0 Å². The van der Waals surface area contributed by atoms with E-state index >= 15 is 0 Å². The summed E-state index contributed by atoms with van der Waals surface area (Å²) in [6, 6.07) is 24.8. The fourth-order valence-electron chi connectivity index (χ4n) is 4.86. The minimum Gasteiger partial charge on any atom is -0.324 e. The topological polar surface area (TPSA) is 67.2 Å². The van der Waals surface area contributed by atoms with Crippen molar-refractivity contribution < 1.29 is 4.79 Å². The van der Waals surface area contributed by atoms with Crippen LogP contribution in [0, 0.1) is 0 Å². The van der Waals surface area contributed by atoms with Gasteiger partial charge in [0, 0.05) is 29.5 Å². The van der Waals surface area contributed by atoms with E-state index in [1.54, 1.807) is 34.1 Å². The number of carbonyl (C=O) groups is 1.